The van der Waals surface area contributed by atoms with E-state index < -0.39 is 0 Å². The summed E-state index contributed by atoms with van der Waals surface area (Å²) in [5.74, 6) is 1.84. The molecule has 1 aromatic carbocycles. The van der Waals surface area contributed by atoms with Crippen LogP contribution in [-0.2, 0) is 19.4 Å². The topological polar surface area (TPSA) is 60.1 Å². The maximum atomic E-state index is 12.6. The first kappa shape index (κ1) is 17.6. The Balaban J connectivity index is 1.42. The van der Waals surface area contributed by atoms with Crippen molar-refractivity contribution in [3.8, 4) is 11.3 Å². The number of aromatic nitrogens is 2. The van der Waals surface area contributed by atoms with Crippen LogP contribution >= 0.6 is 11.6 Å². The van der Waals surface area contributed by atoms with Gasteiger partial charge in [-0.05, 0) is 55.4 Å². The summed E-state index contributed by atoms with van der Waals surface area (Å²) in [6, 6.07) is 7.82. The second-order valence-corrected chi connectivity index (χ2v) is 8.27. The fourth-order valence-corrected chi connectivity index (χ4v) is 4.00. The van der Waals surface area contributed by atoms with E-state index in [0.717, 1.165) is 52.6 Å². The Morgan fingerprint density at radius 2 is 2.07 bits per heavy atom. The molecule has 144 valence electrons. The Labute approximate surface area is 168 Å². The van der Waals surface area contributed by atoms with Gasteiger partial charge in [0.2, 0.25) is 0 Å². The first-order valence-corrected chi connectivity index (χ1v) is 10.2. The average molecular weight is 396 g/mol. The molecule has 0 spiro atoms. The Morgan fingerprint density at radius 3 is 2.82 bits per heavy atom. The average Bonchev–Trinajstić information content (AvgIpc) is 3.33. The van der Waals surface area contributed by atoms with Crippen molar-refractivity contribution in [2.45, 2.75) is 39.2 Å². The van der Waals surface area contributed by atoms with Crippen molar-refractivity contribution in [1.82, 2.24) is 15.1 Å². The Kier molecular flexibility index (Phi) is 4.27. The number of carbonyl (C=O) groups is 1. The zero-order valence-corrected chi connectivity index (χ0v) is 16.6. The van der Waals surface area contributed by atoms with Crippen molar-refractivity contribution in [2.75, 3.05) is 6.54 Å². The minimum absolute atomic E-state index is 0.110. The number of halogens is 1. The summed E-state index contributed by atoms with van der Waals surface area (Å²) in [6.45, 7) is 3.39. The molecule has 0 radical (unpaired) electrons. The van der Waals surface area contributed by atoms with Gasteiger partial charge in [0.1, 0.15) is 5.76 Å². The zero-order chi connectivity index (χ0) is 19.3. The first-order chi connectivity index (χ1) is 13.6. The molecule has 1 amide bonds. The predicted octanol–water partition coefficient (Wildman–Crippen LogP) is 4.39. The first-order valence-electron chi connectivity index (χ1n) is 9.80. The van der Waals surface area contributed by atoms with Crippen LogP contribution in [0.1, 0.15) is 45.8 Å². The second kappa shape index (κ2) is 6.82. The van der Waals surface area contributed by atoms with Crippen molar-refractivity contribution in [3.63, 3.8) is 0 Å². The molecule has 28 heavy (non-hydrogen) atoms. The van der Waals surface area contributed by atoms with Crippen LogP contribution < -0.4 is 5.32 Å². The molecule has 0 atom stereocenters. The van der Waals surface area contributed by atoms with Crippen molar-refractivity contribution in [3.05, 3.63) is 63.7 Å². The van der Waals surface area contributed by atoms with Gasteiger partial charge in [0, 0.05) is 35.3 Å². The SMILES string of the molecule is Cc1c(C(=O)NCC2CC2)oc2c1-c1nn(Cc3ccc(Cl)cc3)cc1CC2. The van der Waals surface area contributed by atoms with Crippen LogP contribution in [0.5, 0.6) is 0 Å². The van der Waals surface area contributed by atoms with Crippen molar-refractivity contribution in [1.29, 1.82) is 0 Å². The van der Waals surface area contributed by atoms with Gasteiger partial charge in [0.25, 0.3) is 5.91 Å². The summed E-state index contributed by atoms with van der Waals surface area (Å²) in [4.78, 5) is 12.6. The van der Waals surface area contributed by atoms with Gasteiger partial charge in [-0.15, -0.1) is 0 Å². The van der Waals surface area contributed by atoms with E-state index in [1.165, 1.54) is 18.4 Å². The van der Waals surface area contributed by atoms with Crippen LogP contribution in [0.15, 0.2) is 34.9 Å². The largest absolute Gasteiger partial charge is 0.455 e. The van der Waals surface area contributed by atoms with Crippen molar-refractivity contribution >= 4 is 17.5 Å². The minimum atomic E-state index is -0.110. The minimum Gasteiger partial charge on any atom is -0.455 e. The molecule has 6 heteroatoms. The highest BCUT2D eigenvalue weighted by molar-refractivity contribution is 6.30. The van der Waals surface area contributed by atoms with Crippen molar-refractivity contribution in [2.24, 2.45) is 5.92 Å². The maximum Gasteiger partial charge on any atom is 0.287 e. The third-order valence-electron chi connectivity index (χ3n) is 5.63. The van der Waals surface area contributed by atoms with E-state index in [2.05, 4.69) is 11.5 Å². The molecule has 0 bridgehead atoms. The fourth-order valence-electron chi connectivity index (χ4n) is 3.88. The highest BCUT2D eigenvalue weighted by atomic mass is 35.5. The summed E-state index contributed by atoms with van der Waals surface area (Å²) in [5, 5.41) is 8.56. The van der Waals surface area contributed by atoms with E-state index in [-0.39, 0.29) is 5.91 Å². The van der Waals surface area contributed by atoms with Gasteiger partial charge in [-0.2, -0.15) is 5.10 Å². The van der Waals surface area contributed by atoms with Gasteiger partial charge >= 0.3 is 0 Å². The summed E-state index contributed by atoms with van der Waals surface area (Å²) in [7, 11) is 0. The number of amides is 1. The number of hydrogen-bond acceptors (Lipinski definition) is 3. The van der Waals surface area contributed by atoms with Gasteiger partial charge in [-0.3, -0.25) is 9.48 Å². The van der Waals surface area contributed by atoms with Gasteiger partial charge in [-0.1, -0.05) is 23.7 Å². The quantitative estimate of drug-likeness (QED) is 0.696. The molecule has 2 aliphatic carbocycles. The van der Waals surface area contributed by atoms with E-state index >= 15 is 0 Å². The molecule has 0 aliphatic heterocycles. The summed E-state index contributed by atoms with van der Waals surface area (Å²) >= 11 is 5.98. The van der Waals surface area contributed by atoms with Gasteiger partial charge in [-0.25, -0.2) is 0 Å². The zero-order valence-electron chi connectivity index (χ0n) is 15.8. The van der Waals surface area contributed by atoms with Crippen LogP contribution in [0.3, 0.4) is 0 Å². The molecule has 2 heterocycles. The number of nitrogens with zero attached hydrogens (tertiary/aromatic N) is 2. The third kappa shape index (κ3) is 3.24. The third-order valence-corrected chi connectivity index (χ3v) is 5.88. The molecule has 1 saturated carbocycles. The maximum absolute atomic E-state index is 12.6. The lowest BCUT2D eigenvalue weighted by Crippen LogP contribution is -2.25. The summed E-state index contributed by atoms with van der Waals surface area (Å²) < 4.78 is 7.93. The number of furan rings is 1. The number of benzene rings is 1. The molecular weight excluding hydrogens is 374 g/mol. The lowest BCUT2D eigenvalue weighted by atomic mass is 9.93. The highest BCUT2D eigenvalue weighted by Gasteiger charge is 2.30. The molecule has 0 unspecified atom stereocenters. The molecule has 5 rings (SSSR count). The standard InChI is InChI=1S/C22H22ClN3O2/c1-13-19-18(28-21(13)22(27)24-10-14-2-3-14)9-6-16-12-26(25-20(16)19)11-15-4-7-17(23)8-5-15/h4-5,7-8,12,14H,2-3,6,9-11H2,1H3,(H,24,27). The summed E-state index contributed by atoms with van der Waals surface area (Å²) in [5.41, 5.74) is 5.18. The van der Waals surface area contributed by atoms with Crippen LogP contribution in [0.25, 0.3) is 11.3 Å². The molecule has 1 fully saturated rings. The van der Waals surface area contributed by atoms with E-state index in [1.807, 2.05) is 35.9 Å². The number of aryl methyl sites for hydroxylation is 2. The Hall–Kier alpha value is -2.53. The molecule has 3 aromatic rings. The number of hydrogen-bond donors (Lipinski definition) is 1. The monoisotopic (exact) mass is 395 g/mol. The van der Waals surface area contributed by atoms with Crippen LogP contribution in [-0.4, -0.2) is 22.2 Å². The fraction of sp³-hybridized carbons (Fsp3) is 0.364. The van der Waals surface area contributed by atoms with Gasteiger partial charge in [0.15, 0.2) is 5.76 Å². The lowest BCUT2D eigenvalue weighted by Gasteiger charge is -2.09. The van der Waals surface area contributed by atoms with Gasteiger partial charge in [0.05, 0.1) is 12.2 Å². The normalized spacial score (nSPS) is 15.2. The van der Waals surface area contributed by atoms with E-state index in [1.54, 1.807) is 0 Å². The predicted molar refractivity (Wildman–Crippen MR) is 108 cm³/mol. The highest BCUT2D eigenvalue weighted by Crippen LogP contribution is 2.38. The molecule has 5 nitrogen and oxygen atoms in total. The summed E-state index contributed by atoms with van der Waals surface area (Å²) in [6.07, 6.45) is 6.20. The second-order valence-electron chi connectivity index (χ2n) is 7.83. The van der Waals surface area contributed by atoms with E-state index in [4.69, 9.17) is 21.1 Å². The molecule has 2 aliphatic rings. The Bertz CT molecular complexity index is 1040. The van der Waals surface area contributed by atoms with Crippen LogP contribution in [0.4, 0.5) is 0 Å². The van der Waals surface area contributed by atoms with E-state index in [9.17, 15) is 4.79 Å². The molecule has 2 aromatic heterocycles. The molecule has 0 saturated heterocycles. The van der Waals surface area contributed by atoms with Gasteiger partial charge < -0.3 is 9.73 Å². The number of carbonyl (C=O) groups excluding carboxylic acids is 1. The van der Waals surface area contributed by atoms with Crippen LogP contribution in [0, 0.1) is 12.8 Å². The number of rotatable bonds is 5. The van der Waals surface area contributed by atoms with Crippen LogP contribution in [0.2, 0.25) is 5.02 Å². The molecular formula is C22H22ClN3O2. The molecule has 1 N–H and O–H groups in total. The van der Waals surface area contributed by atoms with Crippen molar-refractivity contribution < 1.29 is 9.21 Å². The lowest BCUT2D eigenvalue weighted by molar-refractivity contribution is 0.0921. The Morgan fingerprint density at radius 1 is 1.29 bits per heavy atom. The van der Waals surface area contributed by atoms with E-state index in [0.29, 0.717) is 18.2 Å². The number of fused-ring (bicyclic) bond motifs is 3. The smallest absolute Gasteiger partial charge is 0.287 e. The number of nitrogens with one attached hydrogen (secondary N) is 1.